The second-order valence-corrected chi connectivity index (χ2v) is 14.2. The zero-order chi connectivity index (χ0) is 32.0. The van der Waals surface area contributed by atoms with Crippen molar-refractivity contribution in [2.75, 3.05) is 0 Å². The maximum absolute atomic E-state index is 7.03. The molecule has 7 heterocycles. The smallest absolute Gasteiger partial charge is 0.319 e. The number of hydrogen-bond donors (Lipinski definition) is 0. The molecule has 5 heteroatoms. The molecular weight excluding hydrogens is 613 g/mol. The van der Waals surface area contributed by atoms with E-state index in [1.807, 2.05) is 0 Å². The van der Waals surface area contributed by atoms with Crippen molar-refractivity contribution < 1.29 is 13.9 Å². The number of imidazole rings is 1. The number of benzene rings is 7. The van der Waals surface area contributed by atoms with E-state index in [9.17, 15) is 0 Å². The summed E-state index contributed by atoms with van der Waals surface area (Å²) in [5.41, 5.74) is 8.90. The molecule has 3 aliphatic heterocycles. The summed E-state index contributed by atoms with van der Waals surface area (Å²) in [5, 5.41) is 11.2. The van der Waals surface area contributed by atoms with Gasteiger partial charge in [-0.15, -0.1) is 0 Å². The average Bonchev–Trinajstić information content (AvgIpc) is 3.80. The lowest BCUT2D eigenvalue weighted by Gasteiger charge is -2.36. The molecule has 3 aliphatic rings. The molecule has 1 unspecified atom stereocenters. The maximum Gasteiger partial charge on any atom is 0.319 e. The number of ether oxygens (including phenoxy) is 1. The highest BCUT2D eigenvalue weighted by molar-refractivity contribution is 6.20. The van der Waals surface area contributed by atoms with Gasteiger partial charge < -0.3 is 4.74 Å². The van der Waals surface area contributed by atoms with Crippen LogP contribution in [0.4, 0.5) is 0 Å². The summed E-state index contributed by atoms with van der Waals surface area (Å²) in [6.45, 7) is 0. The Morgan fingerprint density at radius 1 is 0.520 bits per heavy atom. The molecule has 0 N–H and O–H groups in total. The summed E-state index contributed by atoms with van der Waals surface area (Å²) in [5.74, 6) is 2.96. The van der Waals surface area contributed by atoms with Crippen LogP contribution in [0.5, 0.6) is 11.5 Å². The van der Waals surface area contributed by atoms with Gasteiger partial charge in [0.1, 0.15) is 33.7 Å². The first kappa shape index (κ1) is 24.4. The molecule has 5 nitrogen and oxygen atoms in total. The number of rotatable bonds is 0. The van der Waals surface area contributed by atoms with E-state index in [0.29, 0.717) is 0 Å². The first-order valence-corrected chi connectivity index (χ1v) is 17.3. The third-order valence-corrected chi connectivity index (χ3v) is 12.0. The number of aromatic nitrogens is 4. The van der Waals surface area contributed by atoms with Crippen molar-refractivity contribution in [1.29, 1.82) is 0 Å². The number of hydrogen-bond acceptors (Lipinski definition) is 1. The molecule has 7 aromatic carbocycles. The van der Waals surface area contributed by atoms with Crippen molar-refractivity contribution in [2.45, 2.75) is 5.66 Å². The third-order valence-electron chi connectivity index (χ3n) is 12.0. The molecule has 0 amide bonds. The highest BCUT2D eigenvalue weighted by Crippen LogP contribution is 2.57. The Bertz CT molecular complexity index is 3480. The molecule has 0 saturated carbocycles. The lowest BCUT2D eigenvalue weighted by Crippen LogP contribution is -2.75. The molecule has 0 saturated heterocycles. The van der Waals surface area contributed by atoms with E-state index < -0.39 is 5.66 Å². The Labute approximate surface area is 283 Å². The largest absolute Gasteiger partial charge is 0.456 e. The van der Waals surface area contributed by atoms with Gasteiger partial charge in [0.25, 0.3) is 5.82 Å². The Kier molecular flexibility index (Phi) is 3.80. The molecule has 0 fully saturated rings. The Morgan fingerprint density at radius 3 is 2.12 bits per heavy atom. The van der Waals surface area contributed by atoms with Gasteiger partial charge in [0.15, 0.2) is 16.6 Å². The normalized spacial score (nSPS) is 16.6. The van der Waals surface area contributed by atoms with E-state index in [1.165, 1.54) is 92.8 Å². The minimum Gasteiger partial charge on any atom is -0.456 e. The number of fused-ring (bicyclic) bond motifs is 13. The summed E-state index contributed by atoms with van der Waals surface area (Å²) < 4.78 is 17.2. The van der Waals surface area contributed by atoms with E-state index in [0.717, 1.165) is 17.3 Å². The number of nitrogens with zero attached hydrogens (tertiary/aromatic N) is 4. The molecule has 14 rings (SSSR count). The summed E-state index contributed by atoms with van der Waals surface area (Å²) in [6.07, 6.45) is 2.28. The molecule has 4 aromatic heterocycles. The van der Waals surface area contributed by atoms with Crippen LogP contribution in [0.3, 0.4) is 0 Å². The van der Waals surface area contributed by atoms with Crippen LogP contribution in [0.15, 0.2) is 146 Å². The zero-order valence-electron chi connectivity index (χ0n) is 26.6. The minimum atomic E-state index is -0.717. The molecule has 0 bridgehead atoms. The lowest BCUT2D eigenvalue weighted by atomic mass is 9.83. The van der Waals surface area contributed by atoms with Crippen LogP contribution in [0.25, 0.3) is 87.5 Å². The zero-order valence-corrected chi connectivity index (χ0v) is 26.6. The van der Waals surface area contributed by atoms with E-state index in [-0.39, 0.29) is 0 Å². The molecule has 1 spiro atoms. The van der Waals surface area contributed by atoms with E-state index in [1.54, 1.807) is 0 Å². The predicted octanol–water partition coefficient (Wildman–Crippen LogP) is 9.41. The number of para-hydroxylation sites is 3. The monoisotopic (exact) mass is 636 g/mol. The van der Waals surface area contributed by atoms with Gasteiger partial charge in [0, 0.05) is 27.6 Å². The standard InChI is InChI=1S/C45H24N4O/c1-2-10-26-22-28-24-36-32(23-27(28)21-25(26)9-1)30-16-18-37-41-40(30)44-47(36)34-13-5-6-14-35(34)49(44)45(41)42-38(50-37)19-17-31-29-11-3-4-12-33(29)48(43(31)42)39-15-7-8-20-46(39)45/h1-24H/q+2. The van der Waals surface area contributed by atoms with Crippen LogP contribution in [0, 0.1) is 0 Å². The fraction of sp³-hybridized carbons (Fsp3) is 0.0222. The van der Waals surface area contributed by atoms with E-state index in [4.69, 9.17) is 4.74 Å². The van der Waals surface area contributed by atoms with Gasteiger partial charge >= 0.3 is 11.3 Å². The summed E-state index contributed by atoms with van der Waals surface area (Å²) >= 11 is 0. The first-order chi connectivity index (χ1) is 24.8. The fourth-order valence-electron chi connectivity index (χ4n) is 10.2. The van der Waals surface area contributed by atoms with Crippen molar-refractivity contribution in [3.63, 3.8) is 0 Å². The average molecular weight is 637 g/mol. The molecular formula is C45H24N4O+2. The summed E-state index contributed by atoms with van der Waals surface area (Å²) in [4.78, 5) is 0. The van der Waals surface area contributed by atoms with Gasteiger partial charge in [-0.1, -0.05) is 54.6 Å². The van der Waals surface area contributed by atoms with Crippen LogP contribution in [0.1, 0.15) is 11.1 Å². The van der Waals surface area contributed by atoms with E-state index >= 15 is 0 Å². The Balaban J connectivity index is 1.29. The SMILES string of the molecule is c1cc[n+]2c(c1)-n1c3ccccc3c3ccc4c(c31)C21c2c(ccc3c5cc6cc7ccccc7cc6cc5n5c6ccccc6[n+]1c5c23)O4. The molecule has 1 atom stereocenters. The quantitative estimate of drug-likeness (QED) is 0.0926. The van der Waals surface area contributed by atoms with Gasteiger partial charge in [-0.25, -0.2) is 0 Å². The summed E-state index contributed by atoms with van der Waals surface area (Å²) in [6, 6.07) is 51.5. The topological polar surface area (TPSA) is 26.3 Å². The molecule has 228 valence electrons. The highest BCUT2D eigenvalue weighted by atomic mass is 16.5. The third kappa shape index (κ3) is 2.39. The van der Waals surface area contributed by atoms with Gasteiger partial charge in [-0.3, -0.25) is 0 Å². The van der Waals surface area contributed by atoms with Gasteiger partial charge in [0.2, 0.25) is 0 Å². The second-order valence-electron chi connectivity index (χ2n) is 14.2. The van der Waals surface area contributed by atoms with Crippen molar-refractivity contribution in [1.82, 2.24) is 8.97 Å². The Hall–Kier alpha value is -6.72. The predicted molar refractivity (Wildman–Crippen MR) is 198 cm³/mol. The van der Waals surface area contributed by atoms with Gasteiger partial charge in [0.05, 0.1) is 11.6 Å². The van der Waals surface area contributed by atoms with Crippen molar-refractivity contribution in [3.05, 3.63) is 157 Å². The lowest BCUT2D eigenvalue weighted by molar-refractivity contribution is -0.946. The molecule has 0 aliphatic carbocycles. The minimum absolute atomic E-state index is 0.717. The van der Waals surface area contributed by atoms with Crippen molar-refractivity contribution in [3.8, 4) is 17.3 Å². The van der Waals surface area contributed by atoms with E-state index in [2.05, 4.69) is 164 Å². The molecule has 50 heavy (non-hydrogen) atoms. The highest BCUT2D eigenvalue weighted by Gasteiger charge is 2.65. The van der Waals surface area contributed by atoms with Crippen molar-refractivity contribution in [2.24, 2.45) is 0 Å². The van der Waals surface area contributed by atoms with Crippen LogP contribution in [0.2, 0.25) is 0 Å². The van der Waals surface area contributed by atoms with Gasteiger partial charge in [-0.05, 0) is 100 Å². The maximum atomic E-state index is 7.03. The second kappa shape index (κ2) is 7.77. The number of pyridine rings is 2. The molecule has 0 radical (unpaired) electrons. The van der Waals surface area contributed by atoms with Crippen molar-refractivity contribution >= 4 is 81.7 Å². The summed E-state index contributed by atoms with van der Waals surface area (Å²) in [7, 11) is 0. The van der Waals surface area contributed by atoms with Crippen LogP contribution < -0.4 is 13.9 Å². The fourth-order valence-corrected chi connectivity index (χ4v) is 10.2. The molecule has 11 aromatic rings. The van der Waals surface area contributed by atoms with Crippen LogP contribution >= 0.6 is 0 Å². The van der Waals surface area contributed by atoms with Crippen LogP contribution in [-0.4, -0.2) is 8.97 Å². The Morgan fingerprint density at radius 2 is 1.24 bits per heavy atom. The van der Waals surface area contributed by atoms with Gasteiger partial charge in [-0.2, -0.15) is 18.1 Å². The first-order valence-electron chi connectivity index (χ1n) is 17.3. The van der Waals surface area contributed by atoms with Crippen LogP contribution in [-0.2, 0) is 5.66 Å².